The monoisotopic (exact) mass is 286 g/mol. The van der Waals surface area contributed by atoms with Crippen LogP contribution < -0.4 is 10.2 Å². The summed E-state index contributed by atoms with van der Waals surface area (Å²) in [6.45, 7) is 3.71. The minimum Gasteiger partial charge on any atom is -0.355 e. The predicted molar refractivity (Wildman–Crippen MR) is 78.2 cm³/mol. The van der Waals surface area contributed by atoms with Crippen LogP contribution in [0.1, 0.15) is 29.1 Å². The minimum atomic E-state index is -0.212. The Labute approximate surface area is 123 Å². The van der Waals surface area contributed by atoms with Gasteiger partial charge in [-0.1, -0.05) is 11.2 Å². The van der Waals surface area contributed by atoms with Crippen LogP contribution in [0.4, 0.5) is 5.82 Å². The van der Waals surface area contributed by atoms with E-state index in [2.05, 4.69) is 20.4 Å². The second-order valence-corrected chi connectivity index (χ2v) is 5.27. The third-order valence-corrected chi connectivity index (χ3v) is 3.62. The highest BCUT2D eigenvalue weighted by Crippen LogP contribution is 2.18. The number of anilines is 1. The van der Waals surface area contributed by atoms with Gasteiger partial charge in [-0.15, -0.1) is 0 Å². The summed E-state index contributed by atoms with van der Waals surface area (Å²) in [4.78, 5) is 18.7. The zero-order chi connectivity index (χ0) is 14.7. The quantitative estimate of drug-likeness (QED) is 0.931. The van der Waals surface area contributed by atoms with Gasteiger partial charge in [0.1, 0.15) is 5.82 Å². The van der Waals surface area contributed by atoms with E-state index in [0.29, 0.717) is 0 Å². The number of carbonyl (C=O) groups is 1. The Morgan fingerprint density at radius 3 is 3.10 bits per heavy atom. The van der Waals surface area contributed by atoms with E-state index in [4.69, 9.17) is 4.52 Å². The molecule has 2 aromatic heterocycles. The van der Waals surface area contributed by atoms with Crippen molar-refractivity contribution in [1.82, 2.24) is 15.5 Å². The van der Waals surface area contributed by atoms with Gasteiger partial charge >= 0.3 is 0 Å². The Morgan fingerprint density at radius 2 is 2.33 bits per heavy atom. The zero-order valence-electron chi connectivity index (χ0n) is 12.0. The molecule has 0 aromatic carbocycles. The Bertz CT molecular complexity index is 612. The van der Waals surface area contributed by atoms with Crippen LogP contribution in [0.15, 0.2) is 35.0 Å². The van der Waals surface area contributed by atoms with Crippen LogP contribution in [-0.2, 0) is 0 Å². The van der Waals surface area contributed by atoms with Gasteiger partial charge in [0.2, 0.25) is 5.76 Å². The number of hydrogen-bond acceptors (Lipinski definition) is 5. The molecule has 0 bridgehead atoms. The van der Waals surface area contributed by atoms with Gasteiger partial charge < -0.3 is 14.7 Å². The number of amides is 1. The molecule has 0 unspecified atom stereocenters. The van der Waals surface area contributed by atoms with Gasteiger partial charge in [0, 0.05) is 30.9 Å². The van der Waals surface area contributed by atoms with E-state index in [9.17, 15) is 4.79 Å². The topological polar surface area (TPSA) is 71.3 Å². The van der Waals surface area contributed by atoms with E-state index >= 15 is 0 Å². The van der Waals surface area contributed by atoms with Gasteiger partial charge in [0.15, 0.2) is 0 Å². The summed E-state index contributed by atoms with van der Waals surface area (Å²) in [7, 11) is 0. The molecule has 3 rings (SSSR count). The molecule has 1 amide bonds. The number of rotatable bonds is 3. The summed E-state index contributed by atoms with van der Waals surface area (Å²) in [5.74, 6) is 1.01. The lowest BCUT2D eigenvalue weighted by atomic mass is 10.1. The fourth-order valence-electron chi connectivity index (χ4n) is 2.60. The van der Waals surface area contributed by atoms with Crippen molar-refractivity contribution >= 4 is 11.7 Å². The van der Waals surface area contributed by atoms with Crippen LogP contribution in [0, 0.1) is 6.92 Å². The lowest BCUT2D eigenvalue weighted by Gasteiger charge is -2.33. The molecule has 0 spiro atoms. The largest absolute Gasteiger partial charge is 0.355 e. The number of piperidine rings is 1. The first-order valence-electron chi connectivity index (χ1n) is 7.12. The van der Waals surface area contributed by atoms with Gasteiger partial charge in [0.05, 0.1) is 6.20 Å². The molecule has 3 heterocycles. The third-order valence-electron chi connectivity index (χ3n) is 3.62. The van der Waals surface area contributed by atoms with Gasteiger partial charge in [0.25, 0.3) is 5.91 Å². The Hall–Kier alpha value is -2.37. The second-order valence-electron chi connectivity index (χ2n) is 5.27. The Kier molecular flexibility index (Phi) is 3.85. The van der Waals surface area contributed by atoms with Crippen molar-refractivity contribution in [3.63, 3.8) is 0 Å². The molecule has 6 nitrogen and oxygen atoms in total. The fourth-order valence-corrected chi connectivity index (χ4v) is 2.60. The highest BCUT2D eigenvalue weighted by Gasteiger charge is 2.23. The van der Waals surface area contributed by atoms with Crippen molar-refractivity contribution in [2.75, 3.05) is 18.0 Å². The number of pyridine rings is 1. The van der Waals surface area contributed by atoms with Crippen molar-refractivity contribution in [3.8, 4) is 0 Å². The van der Waals surface area contributed by atoms with Crippen LogP contribution in [-0.4, -0.2) is 35.2 Å². The number of nitrogens with zero attached hydrogens (tertiary/aromatic N) is 3. The molecule has 1 aliphatic heterocycles. The zero-order valence-corrected chi connectivity index (χ0v) is 12.0. The van der Waals surface area contributed by atoms with E-state index < -0.39 is 0 Å². The molecule has 0 radical (unpaired) electrons. The molecule has 110 valence electrons. The molecule has 1 aliphatic rings. The molecule has 1 saturated heterocycles. The van der Waals surface area contributed by atoms with Gasteiger partial charge in [-0.2, -0.15) is 0 Å². The molecule has 1 fully saturated rings. The van der Waals surface area contributed by atoms with E-state index in [1.807, 2.05) is 25.1 Å². The molecule has 0 aliphatic carbocycles. The van der Waals surface area contributed by atoms with E-state index in [1.54, 1.807) is 6.07 Å². The normalized spacial score (nSPS) is 18.5. The lowest BCUT2D eigenvalue weighted by molar-refractivity contribution is 0.0895. The molecule has 1 atom stereocenters. The molecular formula is C15H18N4O2. The van der Waals surface area contributed by atoms with E-state index in [1.165, 1.54) is 6.20 Å². The smallest absolute Gasteiger partial charge is 0.290 e. The summed E-state index contributed by atoms with van der Waals surface area (Å²) in [5, 5.41) is 6.55. The summed E-state index contributed by atoms with van der Waals surface area (Å²) >= 11 is 0. The molecule has 2 aromatic rings. The van der Waals surface area contributed by atoms with Crippen molar-refractivity contribution in [2.45, 2.75) is 25.8 Å². The first-order chi connectivity index (χ1) is 10.2. The second kappa shape index (κ2) is 5.95. The van der Waals surface area contributed by atoms with Crippen molar-refractivity contribution in [1.29, 1.82) is 0 Å². The van der Waals surface area contributed by atoms with Crippen molar-refractivity contribution < 1.29 is 9.32 Å². The average molecular weight is 286 g/mol. The van der Waals surface area contributed by atoms with E-state index in [0.717, 1.165) is 37.4 Å². The van der Waals surface area contributed by atoms with Crippen LogP contribution in [0.5, 0.6) is 0 Å². The number of aromatic nitrogens is 2. The maximum Gasteiger partial charge on any atom is 0.290 e. The highest BCUT2D eigenvalue weighted by molar-refractivity contribution is 5.91. The first kappa shape index (κ1) is 13.6. The standard InChI is InChI=1S/C15H18N4O2/c1-11-4-2-6-14(17-11)19-9-3-5-12(10-19)18-15(20)13-7-8-16-21-13/h2,4,6-8,12H,3,5,9-10H2,1H3,(H,18,20)/t12-/m1/s1. The average Bonchev–Trinajstić information content (AvgIpc) is 3.02. The number of aryl methyl sites for hydroxylation is 1. The molecule has 0 saturated carbocycles. The molecule has 21 heavy (non-hydrogen) atoms. The highest BCUT2D eigenvalue weighted by atomic mass is 16.5. The van der Waals surface area contributed by atoms with E-state index in [-0.39, 0.29) is 17.7 Å². The Balaban J connectivity index is 1.64. The van der Waals surface area contributed by atoms with Crippen LogP contribution >= 0.6 is 0 Å². The first-order valence-corrected chi connectivity index (χ1v) is 7.12. The summed E-state index contributed by atoms with van der Waals surface area (Å²) in [6.07, 6.45) is 3.46. The third kappa shape index (κ3) is 3.21. The number of hydrogen-bond donors (Lipinski definition) is 1. The maximum absolute atomic E-state index is 12.0. The van der Waals surface area contributed by atoms with Crippen molar-refractivity contribution in [3.05, 3.63) is 41.9 Å². The van der Waals surface area contributed by atoms with Crippen LogP contribution in [0.25, 0.3) is 0 Å². The predicted octanol–water partition coefficient (Wildman–Crippen LogP) is 1.78. The summed E-state index contributed by atoms with van der Waals surface area (Å²) in [5.41, 5.74) is 1.00. The Morgan fingerprint density at radius 1 is 1.43 bits per heavy atom. The lowest BCUT2D eigenvalue weighted by Crippen LogP contribution is -2.48. The molecule has 6 heteroatoms. The fraction of sp³-hybridized carbons (Fsp3) is 0.400. The van der Waals surface area contributed by atoms with Crippen LogP contribution in [0.2, 0.25) is 0 Å². The minimum absolute atomic E-state index is 0.0960. The molecule has 1 N–H and O–H groups in total. The van der Waals surface area contributed by atoms with Gasteiger partial charge in [-0.05, 0) is 31.9 Å². The number of carbonyl (C=O) groups excluding carboxylic acids is 1. The van der Waals surface area contributed by atoms with Gasteiger partial charge in [-0.25, -0.2) is 4.98 Å². The summed E-state index contributed by atoms with van der Waals surface area (Å²) in [6, 6.07) is 7.66. The SMILES string of the molecule is Cc1cccc(N2CCC[C@@H](NC(=O)c3ccno3)C2)n1. The number of nitrogens with one attached hydrogen (secondary N) is 1. The van der Waals surface area contributed by atoms with Crippen LogP contribution in [0.3, 0.4) is 0 Å². The summed E-state index contributed by atoms with van der Waals surface area (Å²) < 4.78 is 4.88. The van der Waals surface area contributed by atoms with Crippen molar-refractivity contribution in [2.24, 2.45) is 0 Å². The molecular weight excluding hydrogens is 268 g/mol. The van der Waals surface area contributed by atoms with Gasteiger partial charge in [-0.3, -0.25) is 4.79 Å². The maximum atomic E-state index is 12.0.